The Labute approximate surface area is 143 Å². The summed E-state index contributed by atoms with van der Waals surface area (Å²) in [5.74, 6) is -0.368. The van der Waals surface area contributed by atoms with Crippen LogP contribution >= 0.6 is 0 Å². The number of halogens is 1. The van der Waals surface area contributed by atoms with Crippen LogP contribution in [-0.4, -0.2) is 33.3 Å². The summed E-state index contributed by atoms with van der Waals surface area (Å²) in [5, 5.41) is 2.60. The number of rotatable bonds is 6. The summed E-state index contributed by atoms with van der Waals surface area (Å²) in [6, 6.07) is 10.0. The average Bonchev–Trinajstić information content (AvgIpc) is 2.56. The predicted octanol–water partition coefficient (Wildman–Crippen LogP) is 1.98. The van der Waals surface area contributed by atoms with E-state index in [1.54, 1.807) is 12.1 Å². The molecule has 0 radical (unpaired) electrons. The van der Waals surface area contributed by atoms with Crippen molar-refractivity contribution in [2.45, 2.75) is 0 Å². The van der Waals surface area contributed by atoms with Crippen LogP contribution in [0, 0.1) is 5.82 Å². The first-order chi connectivity index (χ1) is 11.9. The van der Waals surface area contributed by atoms with E-state index in [1.165, 1.54) is 30.3 Å². The van der Waals surface area contributed by atoms with E-state index >= 15 is 0 Å². The van der Waals surface area contributed by atoms with E-state index in [9.17, 15) is 17.6 Å². The van der Waals surface area contributed by atoms with E-state index in [4.69, 9.17) is 9.47 Å². The minimum atomic E-state index is -3.70. The second-order valence-electron chi connectivity index (χ2n) is 5.24. The van der Waals surface area contributed by atoms with Gasteiger partial charge >= 0.3 is 0 Å². The first kappa shape index (κ1) is 17.0. The minimum Gasteiger partial charge on any atom is -0.492 e. The first-order valence-electron chi connectivity index (χ1n) is 7.37. The summed E-state index contributed by atoms with van der Waals surface area (Å²) in [7, 11) is -3.70. The van der Waals surface area contributed by atoms with Crippen molar-refractivity contribution in [2.24, 2.45) is 0 Å². The molecule has 0 aromatic heterocycles. The molecule has 0 aliphatic carbocycles. The number of amides is 1. The van der Waals surface area contributed by atoms with Crippen molar-refractivity contribution in [2.75, 3.05) is 29.0 Å². The second kappa shape index (κ2) is 6.98. The van der Waals surface area contributed by atoms with Crippen LogP contribution in [0.5, 0.6) is 11.5 Å². The number of hydrogen-bond donors (Lipinski definition) is 2. The third-order valence-corrected chi connectivity index (χ3v) is 4.57. The second-order valence-corrected chi connectivity index (χ2v) is 7.08. The van der Waals surface area contributed by atoms with Gasteiger partial charge < -0.3 is 14.8 Å². The molecule has 3 rings (SSSR count). The van der Waals surface area contributed by atoms with Gasteiger partial charge in [0.2, 0.25) is 10.0 Å². The smallest absolute Gasteiger partial charge is 0.262 e. The normalized spacial score (nSPS) is 13.4. The lowest BCUT2D eigenvalue weighted by molar-refractivity contribution is -0.118. The lowest BCUT2D eigenvalue weighted by Crippen LogP contribution is -2.27. The van der Waals surface area contributed by atoms with Gasteiger partial charge in [-0.05, 0) is 36.4 Å². The van der Waals surface area contributed by atoms with E-state index in [0.717, 1.165) is 0 Å². The van der Waals surface area contributed by atoms with Crippen LogP contribution in [0.25, 0.3) is 0 Å². The highest BCUT2D eigenvalue weighted by molar-refractivity contribution is 7.92. The fourth-order valence-corrected chi connectivity index (χ4v) is 3.11. The van der Waals surface area contributed by atoms with Crippen LogP contribution < -0.4 is 19.5 Å². The van der Waals surface area contributed by atoms with E-state index in [0.29, 0.717) is 11.4 Å². The Balaban J connectivity index is 1.63. The number of fused-ring (bicyclic) bond motifs is 1. The Kier molecular flexibility index (Phi) is 4.75. The van der Waals surface area contributed by atoms with Crippen molar-refractivity contribution in [3.05, 3.63) is 48.3 Å². The Bertz CT molecular complexity index is 884. The number of carbonyl (C=O) groups is 1. The van der Waals surface area contributed by atoms with E-state index in [2.05, 4.69) is 10.0 Å². The third-order valence-electron chi connectivity index (χ3n) is 3.34. The van der Waals surface area contributed by atoms with Crippen molar-refractivity contribution in [3.63, 3.8) is 0 Å². The lowest BCUT2D eigenvalue weighted by atomic mass is 10.2. The number of hydrogen-bond acceptors (Lipinski definition) is 5. The van der Waals surface area contributed by atoms with Crippen LogP contribution in [0.4, 0.5) is 15.8 Å². The fraction of sp³-hybridized carbons (Fsp3) is 0.188. The summed E-state index contributed by atoms with van der Waals surface area (Å²) < 4.78 is 50.2. The number of anilines is 2. The molecule has 9 heteroatoms. The predicted molar refractivity (Wildman–Crippen MR) is 89.9 cm³/mol. The van der Waals surface area contributed by atoms with Gasteiger partial charge in [-0.1, -0.05) is 6.07 Å². The molecule has 1 aliphatic rings. The highest BCUT2D eigenvalue weighted by atomic mass is 32.2. The van der Waals surface area contributed by atoms with E-state index in [-0.39, 0.29) is 36.3 Å². The van der Waals surface area contributed by atoms with Crippen LogP contribution in [-0.2, 0) is 14.8 Å². The zero-order chi connectivity index (χ0) is 17.9. The van der Waals surface area contributed by atoms with Crippen LogP contribution in [0.15, 0.2) is 42.5 Å². The first-order valence-corrected chi connectivity index (χ1v) is 9.03. The molecule has 2 aromatic carbocycles. The monoisotopic (exact) mass is 366 g/mol. The number of para-hydroxylation sites is 1. The van der Waals surface area contributed by atoms with E-state index < -0.39 is 15.8 Å². The molecule has 132 valence electrons. The van der Waals surface area contributed by atoms with Crippen LogP contribution in [0.3, 0.4) is 0 Å². The number of sulfonamides is 1. The van der Waals surface area contributed by atoms with Gasteiger partial charge in [-0.2, -0.15) is 0 Å². The molecule has 2 aromatic rings. The molecule has 0 atom stereocenters. The quantitative estimate of drug-likeness (QED) is 0.815. The molecule has 0 fully saturated rings. The molecule has 1 heterocycles. The van der Waals surface area contributed by atoms with Gasteiger partial charge in [-0.3, -0.25) is 9.52 Å². The summed E-state index contributed by atoms with van der Waals surface area (Å²) >= 11 is 0. The molecule has 7 nitrogen and oxygen atoms in total. The maximum Gasteiger partial charge on any atom is 0.262 e. The highest BCUT2D eigenvalue weighted by Gasteiger charge is 2.21. The van der Waals surface area contributed by atoms with Crippen LogP contribution in [0.1, 0.15) is 0 Å². The van der Waals surface area contributed by atoms with Crippen molar-refractivity contribution in [3.8, 4) is 11.5 Å². The van der Waals surface area contributed by atoms with Crippen molar-refractivity contribution >= 4 is 27.3 Å². The molecule has 2 N–H and O–H groups in total. The summed E-state index contributed by atoms with van der Waals surface area (Å²) in [6.07, 6.45) is 0. The van der Waals surface area contributed by atoms with Crippen molar-refractivity contribution < 1.29 is 27.1 Å². The molecule has 25 heavy (non-hydrogen) atoms. The Hall–Kier alpha value is -2.81. The Morgan fingerprint density at radius 1 is 1.20 bits per heavy atom. The fourth-order valence-electron chi connectivity index (χ4n) is 2.21. The van der Waals surface area contributed by atoms with Gasteiger partial charge in [0.15, 0.2) is 12.4 Å². The Morgan fingerprint density at radius 3 is 2.72 bits per heavy atom. The maximum atomic E-state index is 12.8. The molecule has 1 aliphatic heterocycles. The summed E-state index contributed by atoms with van der Waals surface area (Å²) in [6.45, 7) is -0.285. The van der Waals surface area contributed by atoms with Gasteiger partial charge in [-0.25, -0.2) is 12.8 Å². The largest absolute Gasteiger partial charge is 0.492 e. The third kappa shape index (κ3) is 4.38. The van der Waals surface area contributed by atoms with Crippen LogP contribution in [0.2, 0.25) is 0 Å². The minimum absolute atomic E-state index is 0.104. The summed E-state index contributed by atoms with van der Waals surface area (Å²) in [5.41, 5.74) is 0.637. The van der Waals surface area contributed by atoms with E-state index in [1.807, 2.05) is 0 Å². The van der Waals surface area contributed by atoms with Crippen molar-refractivity contribution in [1.82, 2.24) is 0 Å². The lowest BCUT2D eigenvalue weighted by Gasteiger charge is -2.21. The zero-order valence-electron chi connectivity index (χ0n) is 13.0. The summed E-state index contributed by atoms with van der Waals surface area (Å²) in [4.78, 5) is 11.3. The number of nitrogens with one attached hydrogen (secondary N) is 2. The highest BCUT2D eigenvalue weighted by Crippen LogP contribution is 2.35. The molecule has 0 saturated carbocycles. The molecule has 0 spiro atoms. The number of ether oxygens (including phenoxy) is 2. The SMILES string of the molecule is O=C1COc2c(cccc2NS(=O)(=O)CCOc2ccc(F)cc2)N1. The number of carbonyl (C=O) groups excluding carboxylic acids is 1. The maximum absolute atomic E-state index is 12.8. The van der Waals surface area contributed by atoms with Gasteiger partial charge in [0.1, 0.15) is 23.9 Å². The molecular formula is C16H15FN2O5S. The van der Waals surface area contributed by atoms with Gasteiger partial charge in [0, 0.05) is 0 Å². The standard InChI is InChI=1S/C16H15FN2O5S/c17-11-4-6-12(7-5-11)23-8-9-25(21,22)19-14-3-1-2-13-16(14)24-10-15(20)18-13/h1-7,19H,8-10H2,(H,18,20). The topological polar surface area (TPSA) is 93.7 Å². The average molecular weight is 366 g/mol. The molecule has 0 unspecified atom stereocenters. The molecule has 1 amide bonds. The zero-order valence-corrected chi connectivity index (χ0v) is 13.8. The number of benzene rings is 2. The van der Waals surface area contributed by atoms with Crippen molar-refractivity contribution in [1.29, 1.82) is 0 Å². The Morgan fingerprint density at radius 2 is 1.96 bits per heavy atom. The molecule has 0 saturated heterocycles. The molecule has 0 bridgehead atoms. The van der Waals surface area contributed by atoms with Gasteiger partial charge in [0.05, 0.1) is 11.4 Å². The molecular weight excluding hydrogens is 351 g/mol. The van der Waals surface area contributed by atoms with Gasteiger partial charge in [0.25, 0.3) is 5.91 Å². The van der Waals surface area contributed by atoms with Gasteiger partial charge in [-0.15, -0.1) is 0 Å².